The quantitative estimate of drug-likeness (QED) is 0.802. The maximum atomic E-state index is 12.3. The molecule has 0 fully saturated rings. The maximum Gasteiger partial charge on any atom is 0.339 e. The van der Waals surface area contributed by atoms with Crippen LogP contribution in [-0.2, 0) is 10.1 Å². The maximum absolute atomic E-state index is 12.3. The predicted octanol–water partition coefficient (Wildman–Crippen LogP) is 3.89. The van der Waals surface area contributed by atoms with E-state index in [2.05, 4.69) is 0 Å². The van der Waals surface area contributed by atoms with Crippen molar-refractivity contribution in [1.29, 1.82) is 0 Å². The Morgan fingerprint density at radius 1 is 1.00 bits per heavy atom. The fourth-order valence-corrected chi connectivity index (χ4v) is 2.91. The summed E-state index contributed by atoms with van der Waals surface area (Å²) in [6, 6.07) is 13.8. The Kier molecular flexibility index (Phi) is 4.14. The zero-order chi connectivity index (χ0) is 14.8. The molecule has 0 N–H and O–H groups in total. The van der Waals surface area contributed by atoms with Gasteiger partial charge in [0.2, 0.25) is 0 Å². The molecule has 106 valence electrons. The second-order valence-corrected chi connectivity index (χ2v) is 6.59. The molecule has 0 bridgehead atoms. The molecule has 0 aromatic heterocycles. The highest BCUT2D eigenvalue weighted by Gasteiger charge is 2.19. The van der Waals surface area contributed by atoms with Gasteiger partial charge in [-0.05, 0) is 42.2 Å². The molecule has 0 saturated carbocycles. The second kappa shape index (κ2) is 5.67. The van der Waals surface area contributed by atoms with Crippen molar-refractivity contribution in [2.24, 2.45) is 0 Å². The van der Waals surface area contributed by atoms with Gasteiger partial charge in [-0.25, -0.2) is 0 Å². The normalized spacial score (nSPS) is 11.6. The Morgan fingerprint density at radius 2 is 1.65 bits per heavy atom. The molecular formula is C16H18O3S. The summed E-state index contributed by atoms with van der Waals surface area (Å²) in [4.78, 5) is 0.163. The number of hydrogen-bond donors (Lipinski definition) is 0. The summed E-state index contributed by atoms with van der Waals surface area (Å²) in [5.41, 5.74) is 1.85. The lowest BCUT2D eigenvalue weighted by atomic mass is 10.0. The number of hydrogen-bond acceptors (Lipinski definition) is 3. The minimum Gasteiger partial charge on any atom is -0.379 e. The lowest BCUT2D eigenvalue weighted by Crippen LogP contribution is -2.11. The van der Waals surface area contributed by atoms with Crippen LogP contribution in [0.25, 0.3) is 0 Å². The van der Waals surface area contributed by atoms with E-state index in [1.807, 2.05) is 32.9 Å². The van der Waals surface area contributed by atoms with Crippen molar-refractivity contribution in [1.82, 2.24) is 0 Å². The van der Waals surface area contributed by atoms with E-state index in [9.17, 15) is 8.42 Å². The monoisotopic (exact) mass is 290 g/mol. The van der Waals surface area contributed by atoms with Crippen molar-refractivity contribution in [3.8, 4) is 5.75 Å². The van der Waals surface area contributed by atoms with Crippen LogP contribution in [0.5, 0.6) is 5.75 Å². The molecule has 0 aliphatic heterocycles. The van der Waals surface area contributed by atoms with Gasteiger partial charge >= 0.3 is 10.1 Å². The fourth-order valence-electron chi connectivity index (χ4n) is 1.94. The molecule has 0 spiro atoms. The molecule has 0 radical (unpaired) electrons. The first-order valence-corrected chi connectivity index (χ1v) is 7.91. The Balaban J connectivity index is 2.42. The van der Waals surface area contributed by atoms with Crippen molar-refractivity contribution >= 4 is 10.1 Å². The summed E-state index contributed by atoms with van der Waals surface area (Å²) in [7, 11) is -3.79. The van der Waals surface area contributed by atoms with E-state index in [0.29, 0.717) is 5.75 Å². The Labute approximate surface area is 120 Å². The summed E-state index contributed by atoms with van der Waals surface area (Å²) in [6.07, 6.45) is 0. The van der Waals surface area contributed by atoms with Gasteiger partial charge in [-0.2, -0.15) is 8.42 Å². The highest BCUT2D eigenvalue weighted by Crippen LogP contribution is 2.29. The van der Waals surface area contributed by atoms with E-state index in [1.54, 1.807) is 24.3 Å². The molecule has 0 amide bonds. The van der Waals surface area contributed by atoms with Crippen LogP contribution in [0.2, 0.25) is 0 Å². The van der Waals surface area contributed by atoms with Crippen molar-refractivity contribution in [3.05, 3.63) is 59.7 Å². The first-order chi connectivity index (χ1) is 9.40. The first kappa shape index (κ1) is 14.6. The van der Waals surface area contributed by atoms with Crippen LogP contribution in [0.15, 0.2) is 53.4 Å². The molecule has 2 aromatic rings. The van der Waals surface area contributed by atoms with Crippen molar-refractivity contribution in [2.45, 2.75) is 31.6 Å². The molecule has 0 aliphatic carbocycles. The molecule has 4 heteroatoms. The van der Waals surface area contributed by atoms with E-state index in [4.69, 9.17) is 4.18 Å². The summed E-state index contributed by atoms with van der Waals surface area (Å²) in [5.74, 6) is 0.598. The fraction of sp³-hybridized carbons (Fsp3) is 0.250. The van der Waals surface area contributed by atoms with Crippen LogP contribution >= 0.6 is 0 Å². The van der Waals surface area contributed by atoms with Gasteiger partial charge < -0.3 is 4.18 Å². The molecule has 20 heavy (non-hydrogen) atoms. The minimum absolute atomic E-state index is 0.163. The first-order valence-electron chi connectivity index (χ1n) is 6.50. The summed E-state index contributed by atoms with van der Waals surface area (Å²) in [5, 5.41) is 0. The van der Waals surface area contributed by atoms with Gasteiger partial charge in [0.05, 0.1) is 0 Å². The Morgan fingerprint density at radius 3 is 2.25 bits per heavy atom. The topological polar surface area (TPSA) is 43.4 Å². The van der Waals surface area contributed by atoms with Crippen LogP contribution in [0, 0.1) is 6.92 Å². The van der Waals surface area contributed by atoms with Crippen LogP contribution in [0.1, 0.15) is 30.9 Å². The van der Waals surface area contributed by atoms with Gasteiger partial charge in [-0.15, -0.1) is 0 Å². The zero-order valence-corrected chi connectivity index (χ0v) is 12.6. The third-order valence-corrected chi connectivity index (χ3v) is 4.27. The van der Waals surface area contributed by atoms with Crippen molar-refractivity contribution in [3.63, 3.8) is 0 Å². The van der Waals surface area contributed by atoms with Gasteiger partial charge in [0.15, 0.2) is 0 Å². The third-order valence-electron chi connectivity index (χ3n) is 3.02. The summed E-state index contributed by atoms with van der Waals surface area (Å²) < 4.78 is 29.9. The molecule has 0 saturated heterocycles. The average molecular weight is 290 g/mol. The van der Waals surface area contributed by atoms with E-state index >= 15 is 0 Å². The molecule has 0 atom stereocenters. The van der Waals surface area contributed by atoms with Crippen LogP contribution in [0.3, 0.4) is 0 Å². The van der Waals surface area contributed by atoms with Crippen molar-refractivity contribution in [2.75, 3.05) is 0 Å². The highest BCUT2D eigenvalue weighted by atomic mass is 32.2. The molecule has 2 rings (SSSR count). The molecule has 0 aliphatic rings. The SMILES string of the molecule is Cc1ccc(C(C)C)c(OS(=O)(=O)c2ccccc2)c1. The number of benzene rings is 2. The van der Waals surface area contributed by atoms with E-state index in [1.165, 1.54) is 12.1 Å². The average Bonchev–Trinajstić information content (AvgIpc) is 2.39. The molecule has 0 heterocycles. The zero-order valence-electron chi connectivity index (χ0n) is 11.8. The van der Waals surface area contributed by atoms with E-state index < -0.39 is 10.1 Å². The largest absolute Gasteiger partial charge is 0.379 e. The molecular weight excluding hydrogens is 272 g/mol. The molecule has 0 unspecified atom stereocenters. The predicted molar refractivity (Wildman–Crippen MR) is 79.5 cm³/mol. The lowest BCUT2D eigenvalue weighted by Gasteiger charge is -2.14. The third kappa shape index (κ3) is 3.20. The van der Waals surface area contributed by atoms with E-state index in [0.717, 1.165) is 11.1 Å². The van der Waals surface area contributed by atoms with E-state index in [-0.39, 0.29) is 10.8 Å². The molecule has 3 nitrogen and oxygen atoms in total. The second-order valence-electron chi connectivity index (χ2n) is 5.05. The minimum atomic E-state index is -3.79. The van der Waals surface area contributed by atoms with Crippen molar-refractivity contribution < 1.29 is 12.6 Å². The summed E-state index contributed by atoms with van der Waals surface area (Å²) >= 11 is 0. The Hall–Kier alpha value is -1.81. The van der Waals surface area contributed by atoms with Crippen LogP contribution < -0.4 is 4.18 Å². The van der Waals surface area contributed by atoms with Crippen LogP contribution in [-0.4, -0.2) is 8.42 Å². The van der Waals surface area contributed by atoms with Gasteiger partial charge in [-0.1, -0.05) is 44.2 Å². The summed E-state index contributed by atoms with van der Waals surface area (Å²) in [6.45, 7) is 5.92. The van der Waals surface area contributed by atoms with Gasteiger partial charge in [0.25, 0.3) is 0 Å². The highest BCUT2D eigenvalue weighted by molar-refractivity contribution is 7.87. The van der Waals surface area contributed by atoms with Gasteiger partial charge in [0, 0.05) is 0 Å². The van der Waals surface area contributed by atoms with Gasteiger partial charge in [-0.3, -0.25) is 0 Å². The van der Waals surface area contributed by atoms with Crippen LogP contribution in [0.4, 0.5) is 0 Å². The molecule has 2 aromatic carbocycles. The smallest absolute Gasteiger partial charge is 0.339 e. The van der Waals surface area contributed by atoms with Gasteiger partial charge in [0.1, 0.15) is 10.6 Å². The lowest BCUT2D eigenvalue weighted by molar-refractivity contribution is 0.481. The standard InChI is InChI=1S/C16H18O3S/c1-12(2)15-10-9-13(3)11-16(15)19-20(17,18)14-7-5-4-6-8-14/h4-12H,1-3H3. The number of aryl methyl sites for hydroxylation is 1. The number of rotatable bonds is 4. The Bertz CT molecular complexity index is 689.